The summed E-state index contributed by atoms with van der Waals surface area (Å²) in [4.78, 5) is 38.5. The van der Waals surface area contributed by atoms with Crippen molar-refractivity contribution in [2.75, 3.05) is 12.4 Å². The topological polar surface area (TPSA) is 97.2 Å². The average molecular weight is 484 g/mol. The van der Waals surface area contributed by atoms with Gasteiger partial charge in [-0.2, -0.15) is 0 Å². The Morgan fingerprint density at radius 2 is 1.56 bits per heavy atom. The van der Waals surface area contributed by atoms with Gasteiger partial charge in [-0.25, -0.2) is 4.68 Å². The van der Waals surface area contributed by atoms with Crippen molar-refractivity contribution < 1.29 is 9.59 Å². The molecule has 0 aliphatic heterocycles. The van der Waals surface area contributed by atoms with Crippen LogP contribution in [0.25, 0.3) is 5.69 Å². The first-order chi connectivity index (χ1) is 17.5. The van der Waals surface area contributed by atoms with Crippen LogP contribution in [0.4, 0.5) is 5.69 Å². The molecular weight excluding hydrogens is 454 g/mol. The van der Waals surface area contributed by atoms with E-state index in [4.69, 9.17) is 0 Å². The molecular formula is C28H29N5O3. The molecule has 0 unspecified atom stereocenters. The van der Waals surface area contributed by atoms with Crippen molar-refractivity contribution in [3.05, 3.63) is 118 Å². The molecule has 36 heavy (non-hydrogen) atoms. The monoisotopic (exact) mass is 483 g/mol. The molecule has 0 aliphatic carbocycles. The molecule has 1 aromatic heterocycles. The minimum Gasteiger partial charge on any atom is -0.348 e. The summed E-state index contributed by atoms with van der Waals surface area (Å²) in [5.74, 6) is -0.496. The van der Waals surface area contributed by atoms with E-state index in [0.29, 0.717) is 12.1 Å². The molecule has 1 atom stereocenters. The Morgan fingerprint density at radius 3 is 2.25 bits per heavy atom. The molecule has 8 nitrogen and oxygen atoms in total. The Bertz CT molecular complexity index is 1390. The highest BCUT2D eigenvalue weighted by Gasteiger charge is 2.18. The molecule has 0 spiro atoms. The molecule has 1 heterocycles. The maximum atomic E-state index is 13.3. The first-order valence-corrected chi connectivity index (χ1v) is 11.7. The van der Waals surface area contributed by atoms with Gasteiger partial charge in [0.25, 0.3) is 11.5 Å². The summed E-state index contributed by atoms with van der Waals surface area (Å²) in [6, 6.07) is 25.8. The van der Waals surface area contributed by atoms with Crippen LogP contribution >= 0.6 is 0 Å². The van der Waals surface area contributed by atoms with Gasteiger partial charge in [0.05, 0.1) is 24.5 Å². The number of rotatable bonds is 9. The second-order valence-electron chi connectivity index (χ2n) is 8.45. The van der Waals surface area contributed by atoms with Crippen molar-refractivity contribution in [1.29, 1.82) is 0 Å². The number of nitrogens with zero attached hydrogens (tertiary/aromatic N) is 2. The molecule has 4 aromatic rings. The maximum absolute atomic E-state index is 13.3. The van der Waals surface area contributed by atoms with Crippen LogP contribution in [-0.2, 0) is 17.9 Å². The lowest BCUT2D eigenvalue weighted by Gasteiger charge is -2.12. The molecule has 3 N–H and O–H groups in total. The highest BCUT2D eigenvalue weighted by Crippen LogP contribution is 2.14. The highest BCUT2D eigenvalue weighted by molar-refractivity contribution is 5.94. The van der Waals surface area contributed by atoms with Crippen LogP contribution in [0.1, 0.15) is 28.4 Å². The minimum absolute atomic E-state index is 0.183. The van der Waals surface area contributed by atoms with E-state index in [1.54, 1.807) is 43.0 Å². The molecule has 0 bridgehead atoms. The van der Waals surface area contributed by atoms with Crippen LogP contribution in [0.2, 0.25) is 0 Å². The Hall–Kier alpha value is -4.43. The van der Waals surface area contributed by atoms with E-state index in [-0.39, 0.29) is 29.6 Å². The van der Waals surface area contributed by atoms with Crippen molar-refractivity contribution in [1.82, 2.24) is 20.0 Å². The number of carbonyl (C=O) groups is 2. The maximum Gasteiger partial charge on any atom is 0.291 e. The number of nitrogens with one attached hydrogen (secondary N) is 3. The number of benzene rings is 3. The van der Waals surface area contributed by atoms with Crippen LogP contribution < -0.4 is 21.5 Å². The van der Waals surface area contributed by atoms with Crippen molar-refractivity contribution in [3.63, 3.8) is 0 Å². The van der Waals surface area contributed by atoms with E-state index < -0.39 is 6.04 Å². The van der Waals surface area contributed by atoms with Crippen LogP contribution in [0.15, 0.2) is 95.9 Å². The Labute approximate surface area is 209 Å². The number of hydrogen-bond acceptors (Lipinski definition) is 4. The van der Waals surface area contributed by atoms with E-state index in [0.717, 1.165) is 16.8 Å². The first-order valence-electron chi connectivity index (χ1n) is 11.7. The normalized spacial score (nSPS) is 11.6. The van der Waals surface area contributed by atoms with Gasteiger partial charge in [0.1, 0.15) is 5.69 Å². The zero-order valence-corrected chi connectivity index (χ0v) is 20.3. The number of hydrogen-bond donors (Lipinski definition) is 3. The summed E-state index contributed by atoms with van der Waals surface area (Å²) >= 11 is 0. The lowest BCUT2D eigenvalue weighted by Crippen LogP contribution is -2.36. The van der Waals surface area contributed by atoms with E-state index in [9.17, 15) is 14.4 Å². The van der Waals surface area contributed by atoms with Gasteiger partial charge in [-0.3, -0.25) is 19.1 Å². The van der Waals surface area contributed by atoms with E-state index in [2.05, 4.69) is 16.0 Å². The van der Waals surface area contributed by atoms with Gasteiger partial charge in [0, 0.05) is 12.1 Å². The molecule has 0 fully saturated rings. The fourth-order valence-corrected chi connectivity index (χ4v) is 3.75. The molecule has 0 saturated carbocycles. The summed E-state index contributed by atoms with van der Waals surface area (Å²) < 4.78 is 3.25. The van der Waals surface area contributed by atoms with Crippen molar-refractivity contribution in [2.45, 2.75) is 26.1 Å². The van der Waals surface area contributed by atoms with E-state index in [1.807, 2.05) is 66.7 Å². The molecule has 0 saturated heterocycles. The third-order valence-electron chi connectivity index (χ3n) is 5.90. The lowest BCUT2D eigenvalue weighted by molar-refractivity contribution is -0.117. The van der Waals surface area contributed by atoms with Gasteiger partial charge in [-0.1, -0.05) is 60.7 Å². The molecule has 8 heteroatoms. The van der Waals surface area contributed by atoms with Crippen molar-refractivity contribution in [3.8, 4) is 5.69 Å². The third-order valence-corrected chi connectivity index (χ3v) is 5.90. The standard InChI is InChI=1S/C28H29N5O3/c1-20(29-2)26(34)31-25-19-32(24-14-7-4-8-15-24)33(28(25)36)18-22-12-9-13-23(16-22)27(35)30-17-21-10-5-3-6-11-21/h3-16,19-20,29H,17-18H2,1-2H3,(H,30,35)(H,31,34)/t20-/m0/s1. The van der Waals surface area contributed by atoms with Crippen molar-refractivity contribution >= 4 is 17.5 Å². The summed E-state index contributed by atoms with van der Waals surface area (Å²) in [5, 5.41) is 8.52. The van der Waals surface area contributed by atoms with Gasteiger partial charge in [-0.15, -0.1) is 0 Å². The molecule has 2 amide bonds. The van der Waals surface area contributed by atoms with Gasteiger partial charge >= 0.3 is 0 Å². The second-order valence-corrected chi connectivity index (χ2v) is 8.45. The Balaban J connectivity index is 1.60. The number of likely N-dealkylation sites (N-methyl/N-ethyl adjacent to an activating group) is 1. The molecule has 0 radical (unpaired) electrons. The van der Waals surface area contributed by atoms with Crippen LogP contribution in [0.5, 0.6) is 0 Å². The van der Waals surface area contributed by atoms with Crippen LogP contribution in [-0.4, -0.2) is 34.3 Å². The third kappa shape index (κ3) is 5.79. The molecule has 184 valence electrons. The first kappa shape index (κ1) is 24.7. The van der Waals surface area contributed by atoms with Gasteiger partial charge in [0.2, 0.25) is 5.91 Å². The fourth-order valence-electron chi connectivity index (χ4n) is 3.75. The van der Waals surface area contributed by atoms with Gasteiger partial charge < -0.3 is 16.0 Å². The number of carbonyl (C=O) groups excluding carboxylic acids is 2. The Kier molecular flexibility index (Phi) is 7.77. The van der Waals surface area contributed by atoms with Crippen LogP contribution in [0.3, 0.4) is 0 Å². The summed E-state index contributed by atoms with van der Waals surface area (Å²) in [6.45, 7) is 2.36. The Morgan fingerprint density at radius 1 is 0.889 bits per heavy atom. The average Bonchev–Trinajstić information content (AvgIpc) is 3.22. The zero-order chi connectivity index (χ0) is 25.5. The smallest absolute Gasteiger partial charge is 0.291 e. The lowest BCUT2D eigenvalue weighted by atomic mass is 10.1. The zero-order valence-electron chi connectivity index (χ0n) is 20.3. The quantitative estimate of drug-likeness (QED) is 0.341. The predicted octanol–water partition coefficient (Wildman–Crippen LogP) is 3.16. The SMILES string of the molecule is CN[C@@H](C)C(=O)Nc1cn(-c2ccccc2)n(Cc2cccc(C(=O)NCc3ccccc3)c2)c1=O. The number of aromatic nitrogens is 2. The molecule has 4 rings (SSSR count). The number of amides is 2. The van der Waals surface area contributed by atoms with Crippen molar-refractivity contribution in [2.24, 2.45) is 0 Å². The van der Waals surface area contributed by atoms with E-state index in [1.165, 1.54) is 4.68 Å². The predicted molar refractivity (Wildman–Crippen MR) is 140 cm³/mol. The number of para-hydroxylation sites is 1. The van der Waals surface area contributed by atoms with Gasteiger partial charge in [-0.05, 0) is 49.4 Å². The molecule has 0 aliphatic rings. The van der Waals surface area contributed by atoms with Gasteiger partial charge in [0.15, 0.2) is 0 Å². The minimum atomic E-state index is -0.455. The van der Waals surface area contributed by atoms with Crippen LogP contribution in [0, 0.1) is 0 Å². The number of anilines is 1. The highest BCUT2D eigenvalue weighted by atomic mass is 16.2. The summed E-state index contributed by atoms with van der Waals surface area (Å²) in [7, 11) is 1.68. The largest absolute Gasteiger partial charge is 0.348 e. The van der Waals surface area contributed by atoms with E-state index >= 15 is 0 Å². The summed E-state index contributed by atoms with van der Waals surface area (Å²) in [5.41, 5.74) is 2.91. The fraction of sp³-hybridized carbons (Fsp3) is 0.179. The molecule has 3 aromatic carbocycles. The summed E-state index contributed by atoms with van der Waals surface area (Å²) in [6.07, 6.45) is 1.62. The second kappa shape index (κ2) is 11.3.